The number of carbonyl (C=O) groups is 15. The quantitative estimate of drug-likeness (QED) is 0.00991. The van der Waals surface area contributed by atoms with Crippen molar-refractivity contribution in [3.8, 4) is 5.75 Å². The number of phenolic OH excluding ortho intramolecular Hbond substituents is 1. The highest BCUT2D eigenvalue weighted by Crippen LogP contribution is 2.23. The van der Waals surface area contributed by atoms with Crippen molar-refractivity contribution in [3.05, 3.63) is 120 Å². The smallest absolute Gasteiger partial charge is 0.303 e. The number of aliphatic hydroxyl groups excluding tert-OH is 2. The Morgan fingerprint density at radius 3 is 1.64 bits per heavy atom. The van der Waals surface area contributed by atoms with Crippen LogP contribution in [0.2, 0.25) is 0 Å². The Hall–Kier alpha value is -12.2. The summed E-state index contributed by atoms with van der Waals surface area (Å²) in [6.45, 7) is 2.20. The highest BCUT2D eigenvalue weighted by Gasteiger charge is 2.41. The van der Waals surface area contributed by atoms with Crippen LogP contribution < -0.4 is 86.3 Å². The number of nitrogens with two attached hydrogens (primary N) is 3. The van der Waals surface area contributed by atoms with Gasteiger partial charge < -0.3 is 122 Å². The zero-order valence-electron chi connectivity index (χ0n) is 66.0. The predicted molar refractivity (Wildman–Crippen MR) is 431 cm³/mol. The average molecular weight is 1660 g/mol. The Bertz CT molecular complexity index is 4250. The van der Waals surface area contributed by atoms with Crippen LogP contribution >= 0.6 is 11.8 Å². The van der Waals surface area contributed by atoms with Crippen molar-refractivity contribution in [1.29, 1.82) is 5.41 Å². The highest BCUT2D eigenvalue weighted by atomic mass is 32.2. The van der Waals surface area contributed by atoms with Gasteiger partial charge in [0.1, 0.15) is 78.3 Å². The molecule has 40 nitrogen and oxygen atoms in total. The molecule has 642 valence electrons. The molecule has 5 aromatic rings. The summed E-state index contributed by atoms with van der Waals surface area (Å²) in [5.41, 5.74) is 19.3. The number of benzene rings is 3. The molecular weight excluding hydrogens is 1560 g/mol. The molecule has 1 aliphatic heterocycles. The normalized spacial score (nSPS) is 15.2. The van der Waals surface area contributed by atoms with Crippen LogP contribution in [-0.2, 0) is 97.6 Å². The number of imidazole rings is 1. The number of primary amides is 1. The number of thioether (sulfide) groups is 1. The van der Waals surface area contributed by atoms with Crippen LogP contribution in [0.15, 0.2) is 97.6 Å². The molecule has 3 aromatic carbocycles. The highest BCUT2D eigenvalue weighted by molar-refractivity contribution is 7.98. The topological polar surface area (TPSA) is 643 Å². The van der Waals surface area contributed by atoms with Gasteiger partial charge in [-0.2, -0.15) is 11.8 Å². The van der Waals surface area contributed by atoms with Crippen molar-refractivity contribution < 1.29 is 92.3 Å². The molecule has 0 saturated carbocycles. The summed E-state index contributed by atoms with van der Waals surface area (Å²) in [4.78, 5) is 220. The van der Waals surface area contributed by atoms with Gasteiger partial charge >= 0.3 is 5.97 Å². The number of aliphatic hydroxyl groups is 2. The number of aliphatic carboxylic acids is 1. The number of para-hydroxylation sites is 1. The first-order chi connectivity index (χ1) is 56.3. The van der Waals surface area contributed by atoms with E-state index in [0.717, 1.165) is 6.92 Å². The third kappa shape index (κ3) is 30.8. The van der Waals surface area contributed by atoms with Gasteiger partial charge in [0.15, 0.2) is 5.96 Å². The van der Waals surface area contributed by atoms with Crippen LogP contribution in [0.4, 0.5) is 0 Å². The Morgan fingerprint density at radius 2 is 1.09 bits per heavy atom. The van der Waals surface area contributed by atoms with Gasteiger partial charge in [-0.05, 0) is 117 Å². The van der Waals surface area contributed by atoms with Gasteiger partial charge in [0.2, 0.25) is 82.7 Å². The summed E-state index contributed by atoms with van der Waals surface area (Å²) in [5, 5.41) is 81.9. The molecule has 2 aromatic heterocycles. The van der Waals surface area contributed by atoms with Crippen LogP contribution in [-0.4, -0.2) is 259 Å². The van der Waals surface area contributed by atoms with E-state index in [-0.39, 0.29) is 94.1 Å². The molecule has 0 spiro atoms. The minimum atomic E-state index is -1.84. The van der Waals surface area contributed by atoms with Gasteiger partial charge in [0.05, 0.1) is 26.1 Å². The Kier molecular flexibility index (Phi) is 38.8. The third-order valence-electron chi connectivity index (χ3n) is 19.2. The standard InChI is InChI=1S/C77H109N21O19S/c1-42(2)64(65(79)106)97-75(116)61-20-13-30-98(61)76(117)54(18-10-11-28-78)88-62(103)38-85-66(107)57(34-46-36-84-50-17-9-8-16-49(46)50)94-67(108)51(19-12-29-83-77(80)81)89-70(111)55(32-44-14-6-5-7-15-44)92-72(113)58(35-47-37-82-41-86-47)95-68(109)52(25-26-63(104)105)90-69(110)53(27-31-118-4)91-74(115)60(40-100)96-71(112)56(33-45-21-23-48(102)24-22-45)93-73(114)59(39-99)87-43(3)101/h5-9,14-17,21-24,36-37,41-42,51-61,64,84,99-100,102H,10-13,18-20,25-35,38-40,78H2,1-4H3,(H2,79,106)(H,82,86)(H,85,107)(H,87,101)(H,88,103)(H,89,111)(H,90,110)(H,91,115)(H,92,113)(H,93,114)(H,94,108)(H,95,109)(H,96,112)(H,97,116)(H,104,105)(H4,80,81,83)/t51-,52-,53-,54-,55-,56-,57-,58-,59-,60-,61+,64-/m0/s1. The number of carbonyl (C=O) groups excluding carboxylic acids is 14. The molecule has 0 radical (unpaired) electrons. The number of rotatable bonds is 50. The van der Waals surface area contributed by atoms with E-state index in [4.69, 9.17) is 22.6 Å². The van der Waals surface area contributed by atoms with E-state index in [1.54, 1.807) is 80.9 Å². The van der Waals surface area contributed by atoms with E-state index in [2.05, 4.69) is 84.1 Å². The molecule has 3 heterocycles. The zero-order valence-corrected chi connectivity index (χ0v) is 66.9. The van der Waals surface area contributed by atoms with E-state index >= 15 is 14.4 Å². The monoisotopic (exact) mass is 1660 g/mol. The lowest BCUT2D eigenvalue weighted by Crippen LogP contribution is -2.61. The molecular formula is C77H109N21O19S. The summed E-state index contributed by atoms with van der Waals surface area (Å²) in [6, 6.07) is 2.94. The molecule has 1 saturated heterocycles. The van der Waals surface area contributed by atoms with Crippen molar-refractivity contribution in [1.82, 2.24) is 89.0 Å². The molecule has 118 heavy (non-hydrogen) atoms. The maximum Gasteiger partial charge on any atom is 0.303 e. The first-order valence-corrected chi connectivity index (χ1v) is 39.9. The number of likely N-dealkylation sites (tertiary alicyclic amines) is 1. The number of phenols is 1. The summed E-state index contributed by atoms with van der Waals surface area (Å²) < 4.78 is 0. The fraction of sp³-hybridized carbons (Fsp3) is 0.494. The van der Waals surface area contributed by atoms with Gasteiger partial charge in [0.25, 0.3) is 0 Å². The number of nitrogens with one attached hydrogen (secondary N) is 16. The second-order valence-corrected chi connectivity index (χ2v) is 29.6. The lowest BCUT2D eigenvalue weighted by molar-refractivity contribution is -0.142. The van der Waals surface area contributed by atoms with Gasteiger partial charge in [-0.15, -0.1) is 0 Å². The van der Waals surface area contributed by atoms with E-state index < -0.39 is 206 Å². The van der Waals surface area contributed by atoms with Crippen LogP contribution in [0.1, 0.15) is 107 Å². The second kappa shape index (κ2) is 48.3. The van der Waals surface area contributed by atoms with E-state index in [1.165, 1.54) is 53.5 Å². The molecule has 26 N–H and O–H groups in total. The number of nitrogens with zero attached hydrogens (tertiary/aromatic N) is 2. The number of aromatic nitrogens is 3. The number of aromatic amines is 2. The van der Waals surface area contributed by atoms with Crippen LogP contribution in [0, 0.1) is 11.3 Å². The third-order valence-corrected chi connectivity index (χ3v) is 19.9. The molecule has 0 aliphatic carbocycles. The molecule has 6 rings (SSSR count). The summed E-state index contributed by atoms with van der Waals surface area (Å²) in [7, 11) is 0. The van der Waals surface area contributed by atoms with Crippen LogP contribution in [0.3, 0.4) is 0 Å². The Morgan fingerprint density at radius 1 is 0.576 bits per heavy atom. The maximum absolute atomic E-state index is 15.2. The van der Waals surface area contributed by atoms with E-state index in [9.17, 15) is 78.0 Å². The number of carboxylic acids is 1. The van der Waals surface area contributed by atoms with E-state index in [1.807, 2.05) is 0 Å². The summed E-state index contributed by atoms with van der Waals surface area (Å²) >= 11 is 1.23. The molecule has 12 atom stereocenters. The van der Waals surface area contributed by atoms with Crippen molar-refractivity contribution in [2.24, 2.45) is 23.1 Å². The van der Waals surface area contributed by atoms with Gasteiger partial charge in [-0.25, -0.2) is 4.98 Å². The zero-order chi connectivity index (χ0) is 86.5. The first-order valence-electron chi connectivity index (χ1n) is 38.5. The van der Waals surface area contributed by atoms with Crippen molar-refractivity contribution in [2.75, 3.05) is 51.4 Å². The fourth-order valence-electron chi connectivity index (χ4n) is 12.9. The molecule has 0 bridgehead atoms. The van der Waals surface area contributed by atoms with E-state index in [0.29, 0.717) is 46.9 Å². The summed E-state index contributed by atoms with van der Waals surface area (Å²) in [6.07, 6.45) is 4.64. The second-order valence-electron chi connectivity index (χ2n) is 28.7. The largest absolute Gasteiger partial charge is 0.508 e. The first kappa shape index (κ1) is 94.6. The Labute approximate surface area is 684 Å². The number of guanidine groups is 1. The Balaban J connectivity index is 1.25. The predicted octanol–water partition coefficient (Wildman–Crippen LogP) is -4.54. The maximum atomic E-state index is 15.2. The number of hydrogen-bond acceptors (Lipinski definition) is 22. The number of unbranched alkanes of at least 4 members (excludes halogenated alkanes) is 1. The lowest BCUT2D eigenvalue weighted by atomic mass is 10.0. The molecule has 14 amide bonds. The fourth-order valence-corrected chi connectivity index (χ4v) is 13.4. The van der Waals surface area contributed by atoms with Crippen LogP contribution in [0.25, 0.3) is 10.9 Å². The van der Waals surface area contributed by atoms with Crippen LogP contribution in [0.5, 0.6) is 5.75 Å². The molecule has 0 unspecified atom stereocenters. The molecule has 41 heteroatoms. The average Bonchev–Trinajstić information content (AvgIpc) is 1.64. The summed E-state index contributed by atoms with van der Waals surface area (Å²) in [5.74, 6) is -14.9. The minimum absolute atomic E-state index is 0.00491. The minimum Gasteiger partial charge on any atom is -0.508 e. The van der Waals surface area contributed by atoms with Crippen molar-refractivity contribution in [3.63, 3.8) is 0 Å². The van der Waals surface area contributed by atoms with Crippen molar-refractivity contribution in [2.45, 2.75) is 183 Å². The lowest BCUT2D eigenvalue weighted by Gasteiger charge is -2.30. The number of fused-ring (bicyclic) bond motifs is 1. The van der Waals surface area contributed by atoms with Gasteiger partial charge in [-0.3, -0.25) is 77.3 Å². The molecule has 1 fully saturated rings. The SMILES string of the molecule is CSCC[C@H](NC(=O)[C@H](CO)NC(=O)[C@H](Cc1ccc(O)cc1)NC(=O)[C@H](CO)NC(C)=O)C(=O)N[C@@H](CCC(=O)O)C(=O)N[C@@H](Cc1cnc[nH]1)C(=O)N[C@@H](Cc1ccccc1)C(=O)N[C@@H](CCCNC(=N)N)C(=O)N[C@@H](Cc1c[nH]c2ccccc12)C(=O)NCC(=O)N[C@@H](CCCCN)C(=O)N1CCC[C@@H]1C(=O)N[C@H](C(N)=O)C(C)C. The number of carboxylic acid groups (broad SMARTS) is 1. The number of aromatic hydroxyl groups is 1. The van der Waals surface area contributed by atoms with Gasteiger partial charge in [0, 0.05) is 81.1 Å². The number of H-pyrrole nitrogens is 2. The van der Waals surface area contributed by atoms with Gasteiger partial charge in [-0.1, -0.05) is 74.5 Å². The molecule has 1 aliphatic rings. The van der Waals surface area contributed by atoms with Crippen molar-refractivity contribution >= 4 is 117 Å². The number of hydrogen-bond donors (Lipinski definition) is 23. The number of amides is 14.